The number of nitrogens with zero attached hydrogens (tertiary/aromatic N) is 3. The van der Waals surface area contributed by atoms with Crippen LogP contribution < -0.4 is 10.5 Å². The molecule has 0 radical (unpaired) electrons. The van der Waals surface area contributed by atoms with Gasteiger partial charge in [-0.1, -0.05) is 72.4 Å². The van der Waals surface area contributed by atoms with E-state index in [9.17, 15) is 10.5 Å². The second kappa shape index (κ2) is 9.70. The number of nitrogens with two attached hydrogens (primary N) is 1. The van der Waals surface area contributed by atoms with E-state index in [0.717, 1.165) is 10.5 Å². The maximum Gasteiger partial charge on any atom is 0.143 e. The van der Waals surface area contributed by atoms with Crippen LogP contribution in [0.2, 0.25) is 0 Å². The van der Waals surface area contributed by atoms with E-state index in [2.05, 4.69) is 17.1 Å². The number of anilines is 1. The lowest BCUT2D eigenvalue weighted by Crippen LogP contribution is -2.03. The molecule has 0 aliphatic heterocycles. The van der Waals surface area contributed by atoms with Crippen LogP contribution in [0, 0.1) is 22.7 Å². The van der Waals surface area contributed by atoms with Crippen LogP contribution in [0.5, 0.6) is 5.75 Å². The van der Waals surface area contributed by atoms with Gasteiger partial charge >= 0.3 is 0 Å². The van der Waals surface area contributed by atoms with E-state index in [1.807, 2.05) is 84.9 Å². The molecule has 0 bridgehead atoms. The summed E-state index contributed by atoms with van der Waals surface area (Å²) in [6.45, 7) is 0.452. The highest BCUT2D eigenvalue weighted by Gasteiger charge is 2.21. The van der Waals surface area contributed by atoms with Crippen LogP contribution in [0.1, 0.15) is 16.7 Å². The van der Waals surface area contributed by atoms with Crippen LogP contribution in [-0.2, 0) is 6.61 Å². The molecule has 1 heterocycles. The number of nitrogen functional groups attached to an aromatic ring is 1. The van der Waals surface area contributed by atoms with E-state index in [4.69, 9.17) is 10.5 Å². The van der Waals surface area contributed by atoms with Gasteiger partial charge in [-0.05, 0) is 35.4 Å². The molecule has 0 aliphatic carbocycles. The largest absolute Gasteiger partial charge is 0.489 e. The van der Waals surface area contributed by atoms with Gasteiger partial charge in [0.1, 0.15) is 40.9 Å². The number of hydrogen-bond acceptors (Lipinski definition) is 6. The summed E-state index contributed by atoms with van der Waals surface area (Å²) in [6.07, 6.45) is 0. The quantitative estimate of drug-likeness (QED) is 0.412. The summed E-state index contributed by atoms with van der Waals surface area (Å²) in [6, 6.07) is 31.1. The highest BCUT2D eigenvalue weighted by Crippen LogP contribution is 2.38. The first-order valence-corrected chi connectivity index (χ1v) is 10.6. The van der Waals surface area contributed by atoms with Crippen LogP contribution in [0.3, 0.4) is 0 Å². The summed E-state index contributed by atoms with van der Waals surface area (Å²) in [5, 5.41) is 20.1. The second-order valence-electron chi connectivity index (χ2n) is 6.86. The average Bonchev–Trinajstić information content (AvgIpc) is 2.84. The normalized spacial score (nSPS) is 10.2. The molecule has 1 aromatic heterocycles. The SMILES string of the molecule is N#Cc1c(N)nc(Sc2ccccc2)c(C#N)c1-c1ccc(OCc2ccccc2)cc1. The zero-order valence-corrected chi connectivity index (χ0v) is 17.8. The Morgan fingerprint density at radius 3 is 2.06 bits per heavy atom. The zero-order valence-electron chi connectivity index (χ0n) is 17.0. The molecule has 0 fully saturated rings. The van der Waals surface area contributed by atoms with E-state index in [1.54, 1.807) is 0 Å². The van der Waals surface area contributed by atoms with Gasteiger partial charge in [0.2, 0.25) is 0 Å². The van der Waals surface area contributed by atoms with Crippen molar-refractivity contribution in [3.8, 4) is 29.0 Å². The lowest BCUT2D eigenvalue weighted by molar-refractivity contribution is 0.306. The molecule has 0 saturated heterocycles. The Kier molecular flexibility index (Phi) is 6.36. The van der Waals surface area contributed by atoms with Crippen LogP contribution in [-0.4, -0.2) is 4.98 Å². The van der Waals surface area contributed by atoms with E-state index >= 15 is 0 Å². The van der Waals surface area contributed by atoms with Gasteiger partial charge in [-0.2, -0.15) is 10.5 Å². The standard InChI is InChI=1S/C26H18N4OS/c27-15-22-24(19-11-13-20(14-12-19)31-17-18-7-3-1-4-8-18)23(16-28)26(30-25(22)29)32-21-9-5-2-6-10-21/h1-14H,17H2,(H2,29,30). The van der Waals surface area contributed by atoms with Crippen molar-refractivity contribution in [3.05, 3.63) is 102 Å². The molecular formula is C26H18N4OS. The van der Waals surface area contributed by atoms with Crippen LogP contribution >= 0.6 is 11.8 Å². The Balaban J connectivity index is 1.69. The number of aromatic nitrogens is 1. The van der Waals surface area contributed by atoms with Gasteiger partial charge in [0.15, 0.2) is 0 Å². The van der Waals surface area contributed by atoms with Gasteiger partial charge in [0.05, 0.1) is 5.56 Å². The van der Waals surface area contributed by atoms with E-state index in [-0.39, 0.29) is 11.4 Å². The smallest absolute Gasteiger partial charge is 0.143 e. The van der Waals surface area contributed by atoms with Gasteiger partial charge in [0, 0.05) is 10.5 Å². The molecule has 32 heavy (non-hydrogen) atoms. The van der Waals surface area contributed by atoms with Gasteiger partial charge in [0.25, 0.3) is 0 Å². The topological polar surface area (TPSA) is 95.7 Å². The molecule has 0 unspecified atom stereocenters. The number of benzene rings is 3. The number of rotatable bonds is 6. The fourth-order valence-electron chi connectivity index (χ4n) is 3.22. The highest BCUT2D eigenvalue weighted by molar-refractivity contribution is 7.99. The number of nitriles is 2. The first-order valence-electron chi connectivity index (χ1n) is 9.83. The number of hydrogen-bond donors (Lipinski definition) is 1. The number of ether oxygens (including phenoxy) is 1. The molecule has 3 aromatic carbocycles. The van der Waals surface area contributed by atoms with Crippen molar-refractivity contribution in [2.75, 3.05) is 5.73 Å². The molecule has 2 N–H and O–H groups in total. The molecule has 154 valence electrons. The van der Waals surface area contributed by atoms with E-state index in [0.29, 0.717) is 34.1 Å². The second-order valence-corrected chi connectivity index (χ2v) is 7.93. The molecule has 0 amide bonds. The van der Waals surface area contributed by atoms with Gasteiger partial charge in [-0.15, -0.1) is 0 Å². The first kappa shape index (κ1) is 21.0. The zero-order chi connectivity index (χ0) is 22.3. The first-order chi connectivity index (χ1) is 15.7. The van der Waals surface area contributed by atoms with Crippen LogP contribution in [0.25, 0.3) is 11.1 Å². The Labute approximate surface area is 190 Å². The van der Waals surface area contributed by atoms with Crippen molar-refractivity contribution < 1.29 is 4.74 Å². The Hall–Kier alpha value is -4.26. The molecule has 0 atom stereocenters. The fourth-order valence-corrected chi connectivity index (χ4v) is 4.13. The predicted octanol–water partition coefficient (Wildman–Crippen LogP) is 5.80. The molecule has 4 rings (SSSR count). The summed E-state index contributed by atoms with van der Waals surface area (Å²) >= 11 is 1.34. The van der Waals surface area contributed by atoms with Crippen molar-refractivity contribution >= 4 is 17.6 Å². The lowest BCUT2D eigenvalue weighted by atomic mass is 9.97. The molecule has 0 spiro atoms. The molecule has 4 aromatic rings. The summed E-state index contributed by atoms with van der Waals surface area (Å²) in [5.41, 5.74) is 8.88. The minimum Gasteiger partial charge on any atom is -0.489 e. The van der Waals surface area contributed by atoms with Crippen molar-refractivity contribution in [3.63, 3.8) is 0 Å². The maximum atomic E-state index is 9.94. The molecule has 5 nitrogen and oxygen atoms in total. The van der Waals surface area contributed by atoms with Crippen molar-refractivity contribution in [2.45, 2.75) is 16.5 Å². The Bertz CT molecular complexity index is 1310. The van der Waals surface area contributed by atoms with Crippen LogP contribution in [0.4, 0.5) is 5.82 Å². The molecule has 0 saturated carbocycles. The summed E-state index contributed by atoms with van der Waals surface area (Å²) in [7, 11) is 0. The van der Waals surface area contributed by atoms with Crippen molar-refractivity contribution in [1.82, 2.24) is 4.98 Å². The third kappa shape index (κ3) is 4.57. The minimum absolute atomic E-state index is 0.101. The summed E-state index contributed by atoms with van der Waals surface area (Å²) < 4.78 is 5.85. The Morgan fingerprint density at radius 2 is 1.44 bits per heavy atom. The highest BCUT2D eigenvalue weighted by atomic mass is 32.2. The third-order valence-electron chi connectivity index (χ3n) is 4.76. The van der Waals surface area contributed by atoms with Crippen LogP contribution in [0.15, 0.2) is 94.9 Å². The minimum atomic E-state index is 0.101. The monoisotopic (exact) mass is 434 g/mol. The Morgan fingerprint density at radius 1 is 0.812 bits per heavy atom. The van der Waals surface area contributed by atoms with E-state index < -0.39 is 0 Å². The summed E-state index contributed by atoms with van der Waals surface area (Å²) in [4.78, 5) is 5.27. The maximum absolute atomic E-state index is 9.94. The molecule has 0 aliphatic rings. The predicted molar refractivity (Wildman–Crippen MR) is 125 cm³/mol. The van der Waals surface area contributed by atoms with Crippen molar-refractivity contribution in [2.24, 2.45) is 0 Å². The van der Waals surface area contributed by atoms with Gasteiger partial charge < -0.3 is 10.5 Å². The lowest BCUT2D eigenvalue weighted by Gasteiger charge is -2.13. The third-order valence-corrected chi connectivity index (χ3v) is 5.76. The number of pyridine rings is 1. The summed E-state index contributed by atoms with van der Waals surface area (Å²) in [5.74, 6) is 0.792. The van der Waals surface area contributed by atoms with Gasteiger partial charge in [-0.3, -0.25) is 0 Å². The fraction of sp³-hybridized carbons (Fsp3) is 0.0385. The van der Waals surface area contributed by atoms with Crippen molar-refractivity contribution in [1.29, 1.82) is 10.5 Å². The molecular weight excluding hydrogens is 416 g/mol. The average molecular weight is 435 g/mol. The molecule has 6 heteroatoms. The van der Waals surface area contributed by atoms with E-state index in [1.165, 1.54) is 11.8 Å². The van der Waals surface area contributed by atoms with Gasteiger partial charge in [-0.25, -0.2) is 4.98 Å².